The average molecular weight is 411 g/mol. The summed E-state index contributed by atoms with van der Waals surface area (Å²) in [6.45, 7) is 2.94. The van der Waals surface area contributed by atoms with Gasteiger partial charge in [-0.1, -0.05) is 24.6 Å². The van der Waals surface area contributed by atoms with Crippen LogP contribution in [0, 0.1) is 0 Å². The summed E-state index contributed by atoms with van der Waals surface area (Å²) in [6.07, 6.45) is 3.64. The minimum absolute atomic E-state index is 0.159. The van der Waals surface area contributed by atoms with Crippen molar-refractivity contribution in [1.82, 2.24) is 15.5 Å². The maximum absolute atomic E-state index is 12.6. The van der Waals surface area contributed by atoms with E-state index >= 15 is 0 Å². The zero-order valence-corrected chi connectivity index (χ0v) is 17.3. The minimum Gasteiger partial charge on any atom is -0.497 e. The predicted molar refractivity (Wildman–Crippen MR) is 111 cm³/mol. The van der Waals surface area contributed by atoms with Gasteiger partial charge in [-0.3, -0.25) is 4.79 Å². The Kier molecular flexibility index (Phi) is 7.26. The number of nitrogens with one attached hydrogen (secondary N) is 1. The molecule has 1 amide bonds. The first-order valence-electron chi connectivity index (χ1n) is 9.70. The molecular weight excluding hydrogens is 386 g/mol. The summed E-state index contributed by atoms with van der Waals surface area (Å²) in [5.41, 5.74) is 1.59. The standard InChI is InChI=1S/C22H25N3O5/c1-4-5-11-29-22-15(7-6-10-23-22)14-24-21(26)18-13-20(30-25-18)17-12-16(27-2)8-9-19(17)28-3/h6-10,12-13H,4-5,11,14H2,1-3H3,(H,24,26). The molecule has 0 aliphatic carbocycles. The van der Waals surface area contributed by atoms with Crippen molar-refractivity contribution in [2.45, 2.75) is 26.3 Å². The normalized spacial score (nSPS) is 10.5. The number of rotatable bonds is 10. The van der Waals surface area contributed by atoms with Crippen molar-refractivity contribution in [2.24, 2.45) is 0 Å². The van der Waals surface area contributed by atoms with Crippen LogP contribution >= 0.6 is 0 Å². The second-order valence-corrected chi connectivity index (χ2v) is 6.49. The summed E-state index contributed by atoms with van der Waals surface area (Å²) in [7, 11) is 3.13. The lowest BCUT2D eigenvalue weighted by Crippen LogP contribution is -2.23. The van der Waals surface area contributed by atoms with Gasteiger partial charge in [0.1, 0.15) is 11.5 Å². The number of carbonyl (C=O) groups is 1. The molecule has 3 rings (SSSR count). The number of aromatic nitrogens is 2. The number of ether oxygens (including phenoxy) is 3. The minimum atomic E-state index is -0.366. The number of pyridine rings is 1. The van der Waals surface area contributed by atoms with Crippen LogP contribution in [0.15, 0.2) is 47.1 Å². The van der Waals surface area contributed by atoms with Crippen LogP contribution in [-0.2, 0) is 6.54 Å². The molecule has 0 aliphatic heterocycles. The van der Waals surface area contributed by atoms with Crippen LogP contribution in [0.5, 0.6) is 17.4 Å². The van der Waals surface area contributed by atoms with Crippen molar-refractivity contribution >= 4 is 5.91 Å². The molecule has 8 nitrogen and oxygen atoms in total. The fraction of sp³-hybridized carbons (Fsp3) is 0.318. The van der Waals surface area contributed by atoms with Crippen LogP contribution in [0.25, 0.3) is 11.3 Å². The fourth-order valence-electron chi connectivity index (χ4n) is 2.78. The zero-order valence-electron chi connectivity index (χ0n) is 17.3. The van der Waals surface area contributed by atoms with Gasteiger partial charge in [0.2, 0.25) is 5.88 Å². The summed E-state index contributed by atoms with van der Waals surface area (Å²) >= 11 is 0. The zero-order chi connectivity index (χ0) is 21.3. The van der Waals surface area contributed by atoms with Crippen LogP contribution in [0.4, 0.5) is 0 Å². The van der Waals surface area contributed by atoms with Gasteiger partial charge in [0.05, 0.1) is 26.4 Å². The number of methoxy groups -OCH3 is 2. The van der Waals surface area contributed by atoms with E-state index in [-0.39, 0.29) is 18.1 Å². The Hall–Kier alpha value is -3.55. The quantitative estimate of drug-likeness (QED) is 0.506. The number of carbonyl (C=O) groups excluding carboxylic acids is 1. The molecule has 0 atom stereocenters. The predicted octanol–water partition coefficient (Wildman–Crippen LogP) is 3.86. The molecule has 3 aromatic rings. The van der Waals surface area contributed by atoms with Crippen molar-refractivity contribution in [2.75, 3.05) is 20.8 Å². The second kappa shape index (κ2) is 10.3. The third-order valence-corrected chi connectivity index (χ3v) is 4.44. The molecule has 0 spiro atoms. The van der Waals surface area contributed by atoms with Gasteiger partial charge < -0.3 is 24.1 Å². The Balaban J connectivity index is 1.70. The van der Waals surface area contributed by atoms with Crippen molar-refractivity contribution < 1.29 is 23.5 Å². The molecule has 1 aromatic carbocycles. The van der Waals surface area contributed by atoms with Crippen LogP contribution in [0.1, 0.15) is 35.8 Å². The van der Waals surface area contributed by atoms with Crippen LogP contribution in [-0.4, -0.2) is 36.9 Å². The monoisotopic (exact) mass is 411 g/mol. The Morgan fingerprint density at radius 1 is 1.17 bits per heavy atom. The van der Waals surface area contributed by atoms with Crippen LogP contribution < -0.4 is 19.5 Å². The first kappa shape index (κ1) is 21.2. The van der Waals surface area contributed by atoms with Gasteiger partial charge in [-0.25, -0.2) is 4.98 Å². The molecule has 0 aliphatic rings. The molecule has 1 N–H and O–H groups in total. The maximum Gasteiger partial charge on any atom is 0.273 e. The highest BCUT2D eigenvalue weighted by atomic mass is 16.5. The average Bonchev–Trinajstić information content (AvgIpc) is 3.28. The molecule has 0 saturated carbocycles. The maximum atomic E-state index is 12.6. The first-order chi connectivity index (χ1) is 14.7. The third kappa shape index (κ3) is 5.08. The van der Waals surface area contributed by atoms with Crippen LogP contribution in [0.2, 0.25) is 0 Å². The number of benzene rings is 1. The molecular formula is C22H25N3O5. The molecule has 0 saturated heterocycles. The molecule has 0 bridgehead atoms. The Morgan fingerprint density at radius 3 is 2.80 bits per heavy atom. The smallest absolute Gasteiger partial charge is 0.273 e. The first-order valence-corrected chi connectivity index (χ1v) is 9.70. The lowest BCUT2D eigenvalue weighted by molar-refractivity contribution is 0.0941. The van der Waals surface area contributed by atoms with Crippen molar-refractivity contribution in [3.05, 3.63) is 53.9 Å². The van der Waals surface area contributed by atoms with Gasteiger partial charge in [0.15, 0.2) is 11.5 Å². The van der Waals surface area contributed by atoms with Gasteiger partial charge in [-0.2, -0.15) is 0 Å². The van der Waals surface area contributed by atoms with E-state index in [4.69, 9.17) is 18.7 Å². The molecule has 8 heteroatoms. The Morgan fingerprint density at radius 2 is 2.03 bits per heavy atom. The third-order valence-electron chi connectivity index (χ3n) is 4.44. The number of unbranched alkanes of at least 4 members (excludes halogenated alkanes) is 1. The van der Waals surface area contributed by atoms with E-state index in [1.165, 1.54) is 0 Å². The number of hydrogen-bond donors (Lipinski definition) is 1. The van der Waals surface area contributed by atoms with E-state index in [0.717, 1.165) is 18.4 Å². The number of amides is 1. The highest BCUT2D eigenvalue weighted by molar-refractivity contribution is 5.93. The largest absolute Gasteiger partial charge is 0.497 e. The van der Waals surface area contributed by atoms with E-state index < -0.39 is 0 Å². The Labute approximate surface area is 175 Å². The van der Waals surface area contributed by atoms with Crippen molar-refractivity contribution in [3.8, 4) is 28.7 Å². The van der Waals surface area contributed by atoms with Gasteiger partial charge >= 0.3 is 0 Å². The molecule has 0 unspecified atom stereocenters. The van der Waals surface area contributed by atoms with E-state index in [1.54, 1.807) is 50.7 Å². The van der Waals surface area contributed by atoms with Gasteiger partial charge in [-0.05, 0) is 30.7 Å². The van der Waals surface area contributed by atoms with Crippen molar-refractivity contribution in [1.29, 1.82) is 0 Å². The summed E-state index contributed by atoms with van der Waals surface area (Å²) in [4.78, 5) is 16.8. The summed E-state index contributed by atoms with van der Waals surface area (Å²) in [5, 5.41) is 6.71. The number of nitrogens with zero attached hydrogens (tertiary/aromatic N) is 2. The van der Waals surface area contributed by atoms with E-state index in [1.807, 2.05) is 6.07 Å². The van der Waals surface area contributed by atoms with E-state index in [2.05, 4.69) is 22.4 Å². The molecule has 0 radical (unpaired) electrons. The van der Waals surface area contributed by atoms with Gasteiger partial charge in [0, 0.05) is 24.4 Å². The van der Waals surface area contributed by atoms with Gasteiger partial charge in [0.25, 0.3) is 5.91 Å². The molecule has 2 aromatic heterocycles. The summed E-state index contributed by atoms with van der Waals surface area (Å²) in [5.74, 6) is 1.79. The summed E-state index contributed by atoms with van der Waals surface area (Å²) in [6, 6.07) is 10.5. The fourth-order valence-corrected chi connectivity index (χ4v) is 2.78. The molecule has 2 heterocycles. The van der Waals surface area contributed by atoms with Crippen LogP contribution in [0.3, 0.4) is 0 Å². The SMILES string of the molecule is CCCCOc1ncccc1CNC(=O)c1cc(-c2cc(OC)ccc2OC)on1. The lowest BCUT2D eigenvalue weighted by atomic mass is 10.1. The molecule has 30 heavy (non-hydrogen) atoms. The van der Waals surface area contributed by atoms with Crippen molar-refractivity contribution in [3.63, 3.8) is 0 Å². The topological polar surface area (TPSA) is 95.7 Å². The summed E-state index contributed by atoms with van der Waals surface area (Å²) < 4.78 is 21.7. The van der Waals surface area contributed by atoms with E-state index in [0.29, 0.717) is 35.3 Å². The van der Waals surface area contributed by atoms with E-state index in [9.17, 15) is 4.79 Å². The second-order valence-electron chi connectivity index (χ2n) is 6.49. The molecule has 158 valence electrons. The molecule has 0 fully saturated rings. The lowest BCUT2D eigenvalue weighted by Gasteiger charge is -2.10. The van der Waals surface area contributed by atoms with Gasteiger partial charge in [-0.15, -0.1) is 0 Å². The number of hydrogen-bond acceptors (Lipinski definition) is 7. The highest BCUT2D eigenvalue weighted by Gasteiger charge is 2.17. The Bertz CT molecular complexity index is 986. The highest BCUT2D eigenvalue weighted by Crippen LogP contribution is 2.33.